The normalized spacial score (nSPS) is 10.9. The van der Waals surface area contributed by atoms with Crippen LogP contribution >= 0.6 is 15.9 Å². The van der Waals surface area contributed by atoms with E-state index >= 15 is 0 Å². The molecule has 0 radical (unpaired) electrons. The third kappa shape index (κ3) is 16.4. The van der Waals surface area contributed by atoms with Gasteiger partial charge in [-0.25, -0.2) is 0 Å². The lowest BCUT2D eigenvalue weighted by atomic mass is 10.1. The van der Waals surface area contributed by atoms with Crippen LogP contribution in [0.25, 0.3) is 0 Å². The molecule has 0 saturated heterocycles. The van der Waals surface area contributed by atoms with Crippen LogP contribution in [0.1, 0.15) is 77.6 Å². The van der Waals surface area contributed by atoms with Gasteiger partial charge < -0.3 is 5.32 Å². The van der Waals surface area contributed by atoms with E-state index in [1.165, 1.54) is 83.7 Å². The molecule has 0 aliphatic rings. The molecule has 0 aromatic heterocycles. The van der Waals surface area contributed by atoms with Gasteiger partial charge in [0.1, 0.15) is 0 Å². The molecule has 0 amide bonds. The lowest BCUT2D eigenvalue weighted by Gasteiger charge is -2.04. The quantitative estimate of drug-likeness (QED) is 0.340. The molecule has 2 heteroatoms. The summed E-state index contributed by atoms with van der Waals surface area (Å²) in [7, 11) is 0. The fraction of sp³-hybridized carbons (Fsp3) is 1.00. The van der Waals surface area contributed by atoms with Gasteiger partial charge in [-0.1, -0.05) is 80.6 Å². The minimum absolute atomic E-state index is 1.12. The number of alkyl halides is 1. The van der Waals surface area contributed by atoms with E-state index in [2.05, 4.69) is 28.2 Å². The lowest BCUT2D eigenvalue weighted by Crippen LogP contribution is -2.16. The second kappa shape index (κ2) is 16.4. The summed E-state index contributed by atoms with van der Waals surface area (Å²) in [6.07, 6.45) is 15.5. The van der Waals surface area contributed by atoms with Gasteiger partial charge in [0.25, 0.3) is 0 Å². The van der Waals surface area contributed by atoms with Gasteiger partial charge >= 0.3 is 0 Å². The molecule has 1 N–H and O–H groups in total. The Morgan fingerprint density at radius 3 is 1.65 bits per heavy atom. The van der Waals surface area contributed by atoms with E-state index in [1.54, 1.807) is 0 Å². The molecule has 104 valence electrons. The topological polar surface area (TPSA) is 12.0 Å². The van der Waals surface area contributed by atoms with Crippen molar-refractivity contribution in [1.82, 2.24) is 5.32 Å². The van der Waals surface area contributed by atoms with E-state index in [9.17, 15) is 0 Å². The standard InChI is InChI=1S/C15H32BrN/c1-2-3-4-5-6-7-8-9-10-11-14-17-15-12-13-16/h17H,2-15H2,1H3. The number of hydrogen-bond donors (Lipinski definition) is 1. The first-order valence-electron chi connectivity index (χ1n) is 7.68. The van der Waals surface area contributed by atoms with Crippen LogP contribution in [0.2, 0.25) is 0 Å². The third-order valence-corrected chi connectivity index (χ3v) is 3.76. The van der Waals surface area contributed by atoms with Crippen molar-refractivity contribution in [3.8, 4) is 0 Å². The van der Waals surface area contributed by atoms with Crippen LogP contribution in [-0.2, 0) is 0 Å². The summed E-state index contributed by atoms with van der Waals surface area (Å²) in [6, 6.07) is 0. The Labute approximate surface area is 117 Å². The second-order valence-corrected chi connectivity index (χ2v) is 5.77. The summed E-state index contributed by atoms with van der Waals surface area (Å²) in [5.74, 6) is 0. The fourth-order valence-electron chi connectivity index (χ4n) is 2.05. The molecule has 0 bridgehead atoms. The number of hydrogen-bond acceptors (Lipinski definition) is 1. The molecule has 0 atom stereocenters. The molecule has 0 aromatic carbocycles. The zero-order valence-electron chi connectivity index (χ0n) is 11.8. The van der Waals surface area contributed by atoms with Crippen molar-refractivity contribution in [2.75, 3.05) is 18.4 Å². The molecular weight excluding hydrogens is 274 g/mol. The van der Waals surface area contributed by atoms with Crippen molar-refractivity contribution in [2.24, 2.45) is 0 Å². The third-order valence-electron chi connectivity index (χ3n) is 3.19. The summed E-state index contributed by atoms with van der Waals surface area (Å²) in [5, 5.41) is 4.60. The van der Waals surface area contributed by atoms with Crippen LogP contribution in [0.4, 0.5) is 0 Å². The summed E-state index contributed by atoms with van der Waals surface area (Å²) in [4.78, 5) is 0. The van der Waals surface area contributed by atoms with Crippen molar-refractivity contribution in [3.63, 3.8) is 0 Å². The first-order chi connectivity index (χ1) is 8.41. The van der Waals surface area contributed by atoms with E-state index in [4.69, 9.17) is 0 Å². The van der Waals surface area contributed by atoms with Gasteiger partial charge in [0.2, 0.25) is 0 Å². The predicted octanol–water partition coefficient (Wildman–Crippen LogP) is 5.28. The summed E-state index contributed by atoms with van der Waals surface area (Å²) < 4.78 is 0. The fourth-order valence-corrected chi connectivity index (χ4v) is 2.33. The van der Waals surface area contributed by atoms with Gasteiger partial charge in [-0.15, -0.1) is 0 Å². The maximum atomic E-state index is 3.48. The summed E-state index contributed by atoms with van der Waals surface area (Å²) >= 11 is 3.44. The highest BCUT2D eigenvalue weighted by molar-refractivity contribution is 9.09. The Morgan fingerprint density at radius 2 is 1.12 bits per heavy atom. The highest BCUT2D eigenvalue weighted by Gasteiger charge is 1.92. The molecule has 0 heterocycles. The summed E-state index contributed by atoms with van der Waals surface area (Å²) in [6.45, 7) is 4.66. The number of nitrogens with one attached hydrogen (secondary N) is 1. The van der Waals surface area contributed by atoms with Gasteiger partial charge in [0, 0.05) is 5.33 Å². The van der Waals surface area contributed by atoms with Crippen LogP contribution in [0.5, 0.6) is 0 Å². The van der Waals surface area contributed by atoms with E-state index in [0.29, 0.717) is 0 Å². The zero-order chi connectivity index (χ0) is 12.6. The van der Waals surface area contributed by atoms with Crippen molar-refractivity contribution in [1.29, 1.82) is 0 Å². The van der Waals surface area contributed by atoms with Crippen LogP contribution < -0.4 is 5.32 Å². The first kappa shape index (κ1) is 17.4. The smallest absolute Gasteiger partial charge is 0.00433 e. The van der Waals surface area contributed by atoms with E-state index in [-0.39, 0.29) is 0 Å². The molecule has 0 rings (SSSR count). The Morgan fingerprint density at radius 1 is 0.647 bits per heavy atom. The maximum Gasteiger partial charge on any atom is 0.00433 e. The first-order valence-corrected chi connectivity index (χ1v) is 8.80. The Balaban J connectivity index is 2.85. The highest BCUT2D eigenvalue weighted by atomic mass is 79.9. The van der Waals surface area contributed by atoms with Crippen LogP contribution in [0.3, 0.4) is 0 Å². The van der Waals surface area contributed by atoms with Gasteiger partial charge in [0.15, 0.2) is 0 Å². The number of halogens is 1. The minimum Gasteiger partial charge on any atom is -0.317 e. The molecular formula is C15H32BrN. The minimum atomic E-state index is 1.12. The average molecular weight is 306 g/mol. The van der Waals surface area contributed by atoms with E-state index in [1.807, 2.05) is 0 Å². The average Bonchev–Trinajstić information content (AvgIpc) is 2.35. The van der Waals surface area contributed by atoms with Gasteiger partial charge in [0.05, 0.1) is 0 Å². The molecule has 1 nitrogen and oxygen atoms in total. The molecule has 0 aliphatic carbocycles. The molecule has 0 aliphatic heterocycles. The Kier molecular flexibility index (Phi) is 16.9. The van der Waals surface area contributed by atoms with E-state index in [0.717, 1.165) is 5.33 Å². The van der Waals surface area contributed by atoms with Gasteiger partial charge in [-0.05, 0) is 25.9 Å². The molecule has 0 unspecified atom stereocenters. The van der Waals surface area contributed by atoms with E-state index < -0.39 is 0 Å². The number of unbranched alkanes of at least 4 members (excludes halogenated alkanes) is 9. The Hall–Kier alpha value is 0.440. The largest absolute Gasteiger partial charge is 0.317 e. The lowest BCUT2D eigenvalue weighted by molar-refractivity contribution is 0.543. The highest BCUT2D eigenvalue weighted by Crippen LogP contribution is 2.10. The number of rotatable bonds is 14. The predicted molar refractivity (Wildman–Crippen MR) is 83.1 cm³/mol. The van der Waals surface area contributed by atoms with Crippen molar-refractivity contribution < 1.29 is 0 Å². The Bertz CT molecular complexity index is 114. The molecule has 17 heavy (non-hydrogen) atoms. The molecule has 0 aromatic rings. The monoisotopic (exact) mass is 305 g/mol. The summed E-state index contributed by atoms with van der Waals surface area (Å²) in [5.41, 5.74) is 0. The molecule has 0 fully saturated rings. The van der Waals surface area contributed by atoms with Crippen molar-refractivity contribution in [2.45, 2.75) is 77.6 Å². The van der Waals surface area contributed by atoms with Crippen LogP contribution in [-0.4, -0.2) is 18.4 Å². The molecule has 0 saturated carbocycles. The molecule has 0 spiro atoms. The van der Waals surface area contributed by atoms with Crippen molar-refractivity contribution in [3.05, 3.63) is 0 Å². The van der Waals surface area contributed by atoms with Gasteiger partial charge in [-0.3, -0.25) is 0 Å². The SMILES string of the molecule is CCCCCCCCCCCCNCCCBr. The van der Waals surface area contributed by atoms with Crippen LogP contribution in [0.15, 0.2) is 0 Å². The van der Waals surface area contributed by atoms with Gasteiger partial charge in [-0.2, -0.15) is 0 Å². The maximum absolute atomic E-state index is 3.48. The van der Waals surface area contributed by atoms with Crippen molar-refractivity contribution >= 4 is 15.9 Å². The zero-order valence-corrected chi connectivity index (χ0v) is 13.4. The van der Waals surface area contributed by atoms with Crippen LogP contribution in [0, 0.1) is 0 Å². The second-order valence-electron chi connectivity index (χ2n) is 4.97.